The standard InChI is InChI=1S/C15H14ClNOS/c1-10(14-7-4-8-19-14)17-9-12-11-5-2-3-6-13(11)18-15(12)16/h2-8,10,17H,9H2,1H3/t10-/m1/s1. The van der Waals surface area contributed by atoms with Crippen LogP contribution in [0.2, 0.25) is 5.22 Å². The molecule has 0 saturated heterocycles. The van der Waals surface area contributed by atoms with Gasteiger partial charge >= 0.3 is 0 Å². The molecule has 3 aromatic rings. The lowest BCUT2D eigenvalue weighted by Gasteiger charge is -2.11. The van der Waals surface area contributed by atoms with Crippen LogP contribution in [0.25, 0.3) is 11.0 Å². The summed E-state index contributed by atoms with van der Waals surface area (Å²) in [7, 11) is 0. The molecule has 0 fully saturated rings. The zero-order valence-electron chi connectivity index (χ0n) is 10.5. The number of para-hydroxylation sites is 1. The van der Waals surface area contributed by atoms with Gasteiger partial charge < -0.3 is 9.73 Å². The first-order chi connectivity index (χ1) is 9.25. The Hall–Kier alpha value is -1.29. The minimum Gasteiger partial charge on any atom is -0.444 e. The lowest BCUT2D eigenvalue weighted by Crippen LogP contribution is -2.17. The van der Waals surface area contributed by atoms with E-state index in [0.29, 0.717) is 17.8 Å². The first-order valence-corrected chi connectivity index (χ1v) is 7.44. The molecule has 2 nitrogen and oxygen atoms in total. The number of furan rings is 1. The molecule has 0 bridgehead atoms. The maximum Gasteiger partial charge on any atom is 0.199 e. The summed E-state index contributed by atoms with van der Waals surface area (Å²) in [6.07, 6.45) is 0. The highest BCUT2D eigenvalue weighted by Gasteiger charge is 2.13. The zero-order chi connectivity index (χ0) is 13.2. The first kappa shape index (κ1) is 12.7. The normalized spacial score (nSPS) is 12.9. The summed E-state index contributed by atoms with van der Waals surface area (Å²) < 4.78 is 5.55. The number of rotatable bonds is 4. The van der Waals surface area contributed by atoms with Crippen molar-refractivity contribution in [2.75, 3.05) is 0 Å². The van der Waals surface area contributed by atoms with Gasteiger partial charge in [0.05, 0.1) is 0 Å². The van der Waals surface area contributed by atoms with Crippen LogP contribution in [-0.4, -0.2) is 0 Å². The van der Waals surface area contributed by atoms with Gasteiger partial charge in [-0.3, -0.25) is 0 Å². The molecule has 98 valence electrons. The Morgan fingerprint density at radius 1 is 1.26 bits per heavy atom. The van der Waals surface area contributed by atoms with Crippen molar-refractivity contribution in [2.45, 2.75) is 19.5 Å². The molecule has 0 radical (unpaired) electrons. The predicted molar refractivity (Wildman–Crippen MR) is 80.8 cm³/mol. The van der Waals surface area contributed by atoms with Crippen LogP contribution in [0, 0.1) is 0 Å². The third-order valence-corrected chi connectivity index (χ3v) is 4.56. The Kier molecular flexibility index (Phi) is 3.60. The van der Waals surface area contributed by atoms with Gasteiger partial charge in [-0.05, 0) is 36.0 Å². The fraction of sp³-hybridized carbons (Fsp3) is 0.200. The smallest absolute Gasteiger partial charge is 0.199 e. The number of hydrogen-bond donors (Lipinski definition) is 1. The Morgan fingerprint density at radius 3 is 2.89 bits per heavy atom. The van der Waals surface area contributed by atoms with E-state index in [1.54, 1.807) is 11.3 Å². The number of benzene rings is 1. The summed E-state index contributed by atoms with van der Waals surface area (Å²) in [5.41, 5.74) is 1.87. The number of halogens is 1. The van der Waals surface area contributed by atoms with Crippen LogP contribution in [0.3, 0.4) is 0 Å². The maximum absolute atomic E-state index is 6.17. The Bertz CT molecular complexity index is 675. The molecule has 1 atom stereocenters. The molecule has 0 aliphatic rings. The topological polar surface area (TPSA) is 25.2 Å². The highest BCUT2D eigenvalue weighted by molar-refractivity contribution is 7.10. The summed E-state index contributed by atoms with van der Waals surface area (Å²) in [5.74, 6) is 0. The third-order valence-electron chi connectivity index (χ3n) is 3.20. The largest absolute Gasteiger partial charge is 0.444 e. The van der Waals surface area contributed by atoms with Gasteiger partial charge in [0.1, 0.15) is 5.58 Å². The SMILES string of the molecule is C[C@@H](NCc1c(Cl)oc2ccccc12)c1cccs1. The Morgan fingerprint density at radius 2 is 2.11 bits per heavy atom. The molecule has 0 amide bonds. The minimum atomic E-state index is 0.310. The molecule has 3 rings (SSSR count). The van der Waals surface area contributed by atoms with Gasteiger partial charge in [-0.2, -0.15) is 0 Å². The van der Waals surface area contributed by atoms with E-state index in [0.717, 1.165) is 16.5 Å². The molecule has 19 heavy (non-hydrogen) atoms. The first-order valence-electron chi connectivity index (χ1n) is 6.18. The van der Waals surface area contributed by atoms with Crippen molar-refractivity contribution in [1.29, 1.82) is 0 Å². The van der Waals surface area contributed by atoms with Crippen LogP contribution < -0.4 is 5.32 Å². The van der Waals surface area contributed by atoms with Gasteiger partial charge in [0.2, 0.25) is 0 Å². The number of hydrogen-bond acceptors (Lipinski definition) is 3. The lowest BCUT2D eigenvalue weighted by molar-refractivity contribution is 0.569. The molecule has 0 aliphatic heterocycles. The molecule has 0 aliphatic carbocycles. The van der Waals surface area contributed by atoms with Crippen molar-refractivity contribution in [3.05, 3.63) is 57.4 Å². The van der Waals surface area contributed by atoms with Crippen LogP contribution in [0.4, 0.5) is 0 Å². The Balaban J connectivity index is 1.80. The molecule has 2 heterocycles. The minimum absolute atomic E-state index is 0.310. The average Bonchev–Trinajstić information content (AvgIpc) is 3.03. The second-order valence-corrected chi connectivity index (χ2v) is 5.79. The molecule has 0 saturated carbocycles. The van der Waals surface area contributed by atoms with Gasteiger partial charge in [-0.15, -0.1) is 11.3 Å². The molecule has 2 aromatic heterocycles. The van der Waals surface area contributed by atoms with Gasteiger partial charge in [0, 0.05) is 28.4 Å². The monoisotopic (exact) mass is 291 g/mol. The van der Waals surface area contributed by atoms with Crippen molar-refractivity contribution >= 4 is 33.9 Å². The maximum atomic E-state index is 6.17. The van der Waals surface area contributed by atoms with Gasteiger partial charge in [0.25, 0.3) is 0 Å². The second kappa shape index (κ2) is 5.37. The molecule has 4 heteroatoms. The van der Waals surface area contributed by atoms with Crippen molar-refractivity contribution in [2.24, 2.45) is 0 Å². The number of nitrogens with one attached hydrogen (secondary N) is 1. The van der Waals surface area contributed by atoms with Crippen LogP contribution in [0.5, 0.6) is 0 Å². The molecule has 1 aromatic carbocycles. The van der Waals surface area contributed by atoms with Gasteiger partial charge in [0.15, 0.2) is 5.22 Å². The third kappa shape index (κ3) is 2.54. The molecule has 0 unspecified atom stereocenters. The fourth-order valence-electron chi connectivity index (χ4n) is 2.13. The van der Waals surface area contributed by atoms with E-state index < -0.39 is 0 Å². The van der Waals surface area contributed by atoms with E-state index in [1.807, 2.05) is 24.3 Å². The van der Waals surface area contributed by atoms with E-state index >= 15 is 0 Å². The number of fused-ring (bicyclic) bond motifs is 1. The summed E-state index contributed by atoms with van der Waals surface area (Å²) in [4.78, 5) is 1.32. The van der Waals surface area contributed by atoms with Crippen molar-refractivity contribution in [3.8, 4) is 0 Å². The number of thiophene rings is 1. The lowest BCUT2D eigenvalue weighted by atomic mass is 10.1. The highest BCUT2D eigenvalue weighted by atomic mass is 35.5. The van der Waals surface area contributed by atoms with Gasteiger partial charge in [-0.1, -0.05) is 24.3 Å². The van der Waals surface area contributed by atoms with Crippen LogP contribution in [-0.2, 0) is 6.54 Å². The van der Waals surface area contributed by atoms with Crippen LogP contribution in [0.1, 0.15) is 23.4 Å². The van der Waals surface area contributed by atoms with E-state index in [2.05, 4.69) is 29.8 Å². The predicted octanol–water partition coefficient (Wildman–Crippen LogP) is 5.00. The Labute approximate surface area is 121 Å². The summed E-state index contributed by atoms with van der Waals surface area (Å²) in [6, 6.07) is 12.4. The quantitative estimate of drug-likeness (QED) is 0.732. The van der Waals surface area contributed by atoms with Crippen LogP contribution in [0.15, 0.2) is 46.2 Å². The van der Waals surface area contributed by atoms with E-state index in [9.17, 15) is 0 Å². The summed E-state index contributed by atoms with van der Waals surface area (Å²) >= 11 is 7.93. The van der Waals surface area contributed by atoms with Gasteiger partial charge in [-0.25, -0.2) is 0 Å². The van der Waals surface area contributed by atoms with Crippen LogP contribution >= 0.6 is 22.9 Å². The zero-order valence-corrected chi connectivity index (χ0v) is 12.1. The van der Waals surface area contributed by atoms with E-state index in [1.165, 1.54) is 4.88 Å². The van der Waals surface area contributed by atoms with Crippen molar-refractivity contribution in [3.63, 3.8) is 0 Å². The molecular weight excluding hydrogens is 278 g/mol. The highest BCUT2D eigenvalue weighted by Crippen LogP contribution is 2.30. The average molecular weight is 292 g/mol. The molecular formula is C15H14ClNOS. The second-order valence-electron chi connectivity index (χ2n) is 4.47. The van der Waals surface area contributed by atoms with Crippen molar-refractivity contribution in [1.82, 2.24) is 5.32 Å². The van der Waals surface area contributed by atoms with E-state index in [4.69, 9.17) is 16.0 Å². The summed E-state index contributed by atoms with van der Waals surface area (Å²) in [5, 5.41) is 7.14. The van der Waals surface area contributed by atoms with Crippen molar-refractivity contribution < 1.29 is 4.42 Å². The fourth-order valence-corrected chi connectivity index (χ4v) is 3.14. The summed E-state index contributed by atoms with van der Waals surface area (Å²) in [6.45, 7) is 2.86. The van der Waals surface area contributed by atoms with E-state index in [-0.39, 0.29) is 0 Å². The molecule has 0 spiro atoms. The molecule has 1 N–H and O–H groups in total.